The maximum absolute atomic E-state index is 10.6. The Hall–Kier alpha value is -2.94. The Morgan fingerprint density at radius 1 is 0.571 bits per heavy atom. The van der Waals surface area contributed by atoms with Crippen LogP contribution in [0.3, 0.4) is 0 Å². The van der Waals surface area contributed by atoms with Gasteiger partial charge in [-0.25, -0.2) is 0 Å². The molecule has 3 heteroatoms. The summed E-state index contributed by atoms with van der Waals surface area (Å²) in [5.74, 6) is 0.336. The highest BCUT2D eigenvalue weighted by atomic mass is 16.3. The number of aromatic hydroxyl groups is 3. The van der Waals surface area contributed by atoms with Crippen molar-refractivity contribution in [3.63, 3.8) is 0 Å². The molecule has 0 atom stereocenters. The van der Waals surface area contributed by atoms with E-state index in [2.05, 4.69) is 38.1 Å². The number of hydrogen-bond acceptors (Lipinski definition) is 3. The average Bonchev–Trinajstić information content (AvgIpc) is 2.62. The molecule has 0 aliphatic heterocycles. The summed E-state index contributed by atoms with van der Waals surface area (Å²) in [6.07, 6.45) is 0. The van der Waals surface area contributed by atoms with E-state index in [1.54, 1.807) is 12.1 Å². The second kappa shape index (κ2) is 6.90. The van der Waals surface area contributed by atoms with Crippen molar-refractivity contribution in [2.75, 3.05) is 0 Å². The van der Waals surface area contributed by atoms with Gasteiger partial charge in [0, 0.05) is 28.0 Å². The van der Waals surface area contributed by atoms with Gasteiger partial charge in [-0.05, 0) is 36.2 Å². The van der Waals surface area contributed by atoms with E-state index >= 15 is 0 Å². The molecule has 0 unspecified atom stereocenters. The third-order valence-electron chi connectivity index (χ3n) is 5.82. The molecule has 0 spiro atoms. The Bertz CT molecular complexity index is 903. The number of phenolic OH excluding ortho intramolecular Hbond substituents is 3. The standard InChI is InChI=1S/C25H28O3/c1-16-6-8-17(9-7-16)24(2,3)20-14-21(23(28)15-22(20)27)25(4,5)18-10-12-19(26)13-11-18/h6-15,26-28H,1-5H3. The van der Waals surface area contributed by atoms with Crippen LogP contribution in [0.4, 0.5) is 0 Å². The lowest BCUT2D eigenvalue weighted by Gasteiger charge is -2.32. The summed E-state index contributed by atoms with van der Waals surface area (Å²) in [4.78, 5) is 0. The van der Waals surface area contributed by atoms with Crippen molar-refractivity contribution in [2.24, 2.45) is 0 Å². The van der Waals surface area contributed by atoms with Crippen molar-refractivity contribution >= 4 is 0 Å². The first-order valence-electron chi connectivity index (χ1n) is 9.47. The minimum absolute atomic E-state index is 0.0547. The van der Waals surface area contributed by atoms with Crippen molar-refractivity contribution in [1.82, 2.24) is 0 Å². The highest BCUT2D eigenvalue weighted by Crippen LogP contribution is 2.45. The minimum atomic E-state index is -0.510. The molecule has 0 saturated heterocycles. The van der Waals surface area contributed by atoms with E-state index in [1.807, 2.05) is 39.0 Å². The van der Waals surface area contributed by atoms with E-state index in [9.17, 15) is 15.3 Å². The molecule has 0 fully saturated rings. The SMILES string of the molecule is Cc1ccc(C(C)(C)c2cc(C(C)(C)c3ccc(O)cc3)c(O)cc2O)cc1. The van der Waals surface area contributed by atoms with Crippen LogP contribution in [-0.4, -0.2) is 15.3 Å². The van der Waals surface area contributed by atoms with Gasteiger partial charge in [0.05, 0.1) is 0 Å². The molecule has 28 heavy (non-hydrogen) atoms. The molecular formula is C25H28O3. The second-order valence-electron chi connectivity index (χ2n) is 8.55. The van der Waals surface area contributed by atoms with Gasteiger partial charge in [-0.2, -0.15) is 0 Å². The van der Waals surface area contributed by atoms with Gasteiger partial charge in [0.15, 0.2) is 0 Å². The third-order valence-corrected chi connectivity index (χ3v) is 5.82. The maximum atomic E-state index is 10.6. The number of benzene rings is 3. The molecule has 3 rings (SSSR count). The monoisotopic (exact) mass is 376 g/mol. The normalized spacial score (nSPS) is 12.2. The van der Waals surface area contributed by atoms with Gasteiger partial charge in [-0.15, -0.1) is 0 Å². The summed E-state index contributed by atoms with van der Waals surface area (Å²) >= 11 is 0. The van der Waals surface area contributed by atoms with Crippen molar-refractivity contribution in [3.05, 3.63) is 88.5 Å². The fraction of sp³-hybridized carbons (Fsp3) is 0.280. The predicted molar refractivity (Wildman–Crippen MR) is 113 cm³/mol. The Morgan fingerprint density at radius 2 is 0.964 bits per heavy atom. The number of aryl methyl sites for hydroxylation is 1. The van der Waals surface area contributed by atoms with Crippen LogP contribution in [0.1, 0.15) is 55.5 Å². The van der Waals surface area contributed by atoms with Crippen LogP contribution in [0.5, 0.6) is 17.2 Å². The maximum Gasteiger partial charge on any atom is 0.123 e. The van der Waals surface area contributed by atoms with Gasteiger partial charge in [0.25, 0.3) is 0 Å². The van der Waals surface area contributed by atoms with Gasteiger partial charge in [-0.3, -0.25) is 0 Å². The number of phenols is 3. The Balaban J connectivity index is 2.15. The largest absolute Gasteiger partial charge is 0.508 e. The molecule has 3 nitrogen and oxygen atoms in total. The molecule has 0 bridgehead atoms. The summed E-state index contributed by atoms with van der Waals surface area (Å²) in [6, 6.07) is 18.6. The van der Waals surface area contributed by atoms with Crippen LogP contribution in [0.25, 0.3) is 0 Å². The molecule has 3 aromatic rings. The summed E-state index contributed by atoms with van der Waals surface area (Å²) in [5, 5.41) is 30.9. The summed E-state index contributed by atoms with van der Waals surface area (Å²) in [5.41, 5.74) is 3.78. The highest BCUT2D eigenvalue weighted by Gasteiger charge is 2.32. The Labute approximate surface area is 166 Å². The Kier molecular flexibility index (Phi) is 4.88. The molecule has 3 aromatic carbocycles. The highest BCUT2D eigenvalue weighted by molar-refractivity contribution is 5.56. The first-order valence-corrected chi connectivity index (χ1v) is 9.47. The molecule has 0 amide bonds. The second-order valence-corrected chi connectivity index (χ2v) is 8.55. The summed E-state index contributed by atoms with van der Waals surface area (Å²) in [7, 11) is 0. The molecule has 0 saturated carbocycles. The zero-order valence-electron chi connectivity index (χ0n) is 17.1. The van der Waals surface area contributed by atoms with Crippen LogP contribution < -0.4 is 0 Å². The van der Waals surface area contributed by atoms with Crippen molar-refractivity contribution in [2.45, 2.75) is 45.4 Å². The van der Waals surface area contributed by atoms with E-state index < -0.39 is 10.8 Å². The molecule has 0 aromatic heterocycles. The lowest BCUT2D eigenvalue weighted by Crippen LogP contribution is -2.23. The van der Waals surface area contributed by atoms with Crippen LogP contribution >= 0.6 is 0 Å². The summed E-state index contributed by atoms with van der Waals surface area (Å²) < 4.78 is 0. The topological polar surface area (TPSA) is 60.7 Å². The summed E-state index contributed by atoms with van der Waals surface area (Å²) in [6.45, 7) is 10.2. The lowest BCUT2D eigenvalue weighted by atomic mass is 9.72. The van der Waals surface area contributed by atoms with Crippen LogP contribution in [0, 0.1) is 6.92 Å². The number of rotatable bonds is 4. The first kappa shape index (κ1) is 19.8. The predicted octanol–water partition coefficient (Wildman–Crippen LogP) is 5.76. The molecule has 3 N–H and O–H groups in total. The first-order chi connectivity index (χ1) is 13.0. The quantitative estimate of drug-likeness (QED) is 0.542. The lowest BCUT2D eigenvalue weighted by molar-refractivity contribution is 0.424. The smallest absolute Gasteiger partial charge is 0.123 e. The van der Waals surface area contributed by atoms with E-state index in [4.69, 9.17) is 0 Å². The Morgan fingerprint density at radius 3 is 1.39 bits per heavy atom. The van der Waals surface area contributed by atoms with Crippen LogP contribution in [0.2, 0.25) is 0 Å². The molecule has 0 heterocycles. The van der Waals surface area contributed by atoms with Crippen molar-refractivity contribution in [3.8, 4) is 17.2 Å². The van der Waals surface area contributed by atoms with Gasteiger partial charge >= 0.3 is 0 Å². The molecular weight excluding hydrogens is 348 g/mol. The molecule has 0 aliphatic rings. The van der Waals surface area contributed by atoms with Gasteiger partial charge in [0.1, 0.15) is 17.2 Å². The molecule has 0 aliphatic carbocycles. The van der Waals surface area contributed by atoms with Gasteiger partial charge < -0.3 is 15.3 Å². The van der Waals surface area contributed by atoms with Gasteiger partial charge in [-0.1, -0.05) is 69.7 Å². The van der Waals surface area contributed by atoms with E-state index in [0.717, 1.165) is 22.3 Å². The van der Waals surface area contributed by atoms with E-state index in [0.29, 0.717) is 0 Å². The average molecular weight is 376 g/mol. The molecule has 0 radical (unpaired) electrons. The van der Waals surface area contributed by atoms with Gasteiger partial charge in [0.2, 0.25) is 0 Å². The van der Waals surface area contributed by atoms with Crippen LogP contribution in [0.15, 0.2) is 60.7 Å². The minimum Gasteiger partial charge on any atom is -0.508 e. The fourth-order valence-corrected chi connectivity index (χ4v) is 3.74. The van der Waals surface area contributed by atoms with Crippen molar-refractivity contribution in [1.29, 1.82) is 0 Å². The van der Waals surface area contributed by atoms with Crippen molar-refractivity contribution < 1.29 is 15.3 Å². The molecule has 146 valence electrons. The van der Waals surface area contributed by atoms with E-state index in [-0.39, 0.29) is 17.2 Å². The third kappa shape index (κ3) is 3.45. The van der Waals surface area contributed by atoms with E-state index in [1.165, 1.54) is 11.6 Å². The van der Waals surface area contributed by atoms with Crippen LogP contribution in [-0.2, 0) is 10.8 Å². The zero-order chi connectivity index (χ0) is 20.7. The fourth-order valence-electron chi connectivity index (χ4n) is 3.74. The zero-order valence-corrected chi connectivity index (χ0v) is 17.1. The number of hydrogen-bond donors (Lipinski definition) is 3.